The predicted molar refractivity (Wildman–Crippen MR) is 121 cm³/mol. The Morgan fingerprint density at radius 2 is 1.97 bits per heavy atom. The minimum atomic E-state index is 0.0603. The van der Waals surface area contributed by atoms with E-state index in [9.17, 15) is 4.79 Å². The molecule has 1 aromatic heterocycles. The number of benzene rings is 2. The number of methoxy groups -OCH3 is 1. The van der Waals surface area contributed by atoms with Crippen LogP contribution in [0.25, 0.3) is 10.2 Å². The molecule has 2 aromatic carbocycles. The van der Waals surface area contributed by atoms with Gasteiger partial charge in [-0.1, -0.05) is 47.7 Å². The van der Waals surface area contributed by atoms with Crippen molar-refractivity contribution in [3.8, 4) is 5.75 Å². The Bertz CT molecular complexity index is 1000. The van der Waals surface area contributed by atoms with Gasteiger partial charge in [-0.25, -0.2) is 4.98 Å². The van der Waals surface area contributed by atoms with Gasteiger partial charge in [-0.05, 0) is 24.1 Å². The molecule has 4 rings (SSSR count). The van der Waals surface area contributed by atoms with Crippen LogP contribution in [0, 0.1) is 6.92 Å². The number of hydrogen-bond acceptors (Lipinski definition) is 6. The van der Waals surface area contributed by atoms with Gasteiger partial charge in [0, 0.05) is 26.2 Å². The van der Waals surface area contributed by atoms with E-state index >= 15 is 0 Å². The Balaban J connectivity index is 1.62. The number of ether oxygens (including phenoxy) is 2. The number of anilines is 1. The van der Waals surface area contributed by atoms with E-state index in [4.69, 9.17) is 14.5 Å². The molecule has 1 saturated heterocycles. The lowest BCUT2D eigenvalue weighted by Crippen LogP contribution is -2.43. The van der Waals surface area contributed by atoms with E-state index < -0.39 is 0 Å². The number of amides is 1. The van der Waals surface area contributed by atoms with Gasteiger partial charge < -0.3 is 9.47 Å². The molecule has 0 bridgehead atoms. The fraction of sp³-hybridized carbons (Fsp3) is 0.391. The molecule has 2 heterocycles. The summed E-state index contributed by atoms with van der Waals surface area (Å²) in [4.78, 5) is 22.3. The number of morpholine rings is 1. The van der Waals surface area contributed by atoms with Crippen LogP contribution in [0.4, 0.5) is 5.13 Å². The quantitative estimate of drug-likeness (QED) is 0.580. The lowest BCUT2D eigenvalue weighted by atomic mass is 10.1. The summed E-state index contributed by atoms with van der Waals surface area (Å²) in [7, 11) is 1.65. The van der Waals surface area contributed by atoms with Crippen molar-refractivity contribution in [2.75, 3.05) is 51.4 Å². The normalized spacial score (nSPS) is 14.7. The Morgan fingerprint density at radius 3 is 2.70 bits per heavy atom. The fourth-order valence-electron chi connectivity index (χ4n) is 3.64. The fourth-order valence-corrected chi connectivity index (χ4v) is 4.73. The van der Waals surface area contributed by atoms with Crippen LogP contribution in [0.1, 0.15) is 11.1 Å². The van der Waals surface area contributed by atoms with Gasteiger partial charge in [0.25, 0.3) is 0 Å². The van der Waals surface area contributed by atoms with Crippen molar-refractivity contribution >= 4 is 32.6 Å². The summed E-state index contributed by atoms with van der Waals surface area (Å²) in [5.74, 6) is 0.798. The van der Waals surface area contributed by atoms with Crippen LogP contribution in [0.2, 0.25) is 0 Å². The van der Waals surface area contributed by atoms with E-state index in [1.54, 1.807) is 18.4 Å². The number of hydrogen-bond donors (Lipinski definition) is 0. The molecule has 0 aliphatic carbocycles. The van der Waals surface area contributed by atoms with Crippen LogP contribution in [0.3, 0.4) is 0 Å². The second-order valence-corrected chi connectivity index (χ2v) is 8.40. The number of carbonyl (C=O) groups is 1. The van der Waals surface area contributed by atoms with Gasteiger partial charge >= 0.3 is 0 Å². The first kappa shape index (κ1) is 20.8. The van der Waals surface area contributed by atoms with Crippen molar-refractivity contribution in [3.05, 3.63) is 53.6 Å². The number of carbonyl (C=O) groups excluding carboxylic acids is 1. The molecule has 158 valence electrons. The van der Waals surface area contributed by atoms with Crippen molar-refractivity contribution in [3.63, 3.8) is 0 Å². The third kappa shape index (κ3) is 4.64. The summed E-state index contributed by atoms with van der Waals surface area (Å²) in [5.41, 5.74) is 2.97. The molecule has 0 unspecified atom stereocenters. The lowest BCUT2D eigenvalue weighted by Gasteiger charge is -2.29. The molecule has 1 fully saturated rings. The standard InChI is InChI=1S/C23H27N3O3S/c1-17-8-9-19(28-2)21-22(17)30-23(24-21)26(11-10-25-12-14-29-15-13-25)20(27)16-18-6-4-3-5-7-18/h3-9H,10-16H2,1-2H3. The highest BCUT2D eigenvalue weighted by molar-refractivity contribution is 7.22. The van der Waals surface area contributed by atoms with Gasteiger partial charge in [0.1, 0.15) is 11.3 Å². The number of thiazole rings is 1. The first-order valence-electron chi connectivity index (χ1n) is 10.2. The molecule has 0 saturated carbocycles. The Labute approximate surface area is 181 Å². The molecule has 1 amide bonds. The molecule has 0 spiro atoms. The highest BCUT2D eigenvalue weighted by Crippen LogP contribution is 2.36. The van der Waals surface area contributed by atoms with Gasteiger partial charge in [-0.2, -0.15) is 0 Å². The highest BCUT2D eigenvalue weighted by Gasteiger charge is 2.23. The predicted octanol–water partition coefficient (Wildman–Crippen LogP) is 3.52. The smallest absolute Gasteiger partial charge is 0.233 e. The third-order valence-electron chi connectivity index (χ3n) is 5.39. The van der Waals surface area contributed by atoms with Gasteiger partial charge in [0.05, 0.1) is 31.4 Å². The number of rotatable bonds is 7. The van der Waals surface area contributed by atoms with Gasteiger partial charge in [0.2, 0.25) is 5.91 Å². The maximum absolute atomic E-state index is 13.3. The monoisotopic (exact) mass is 425 g/mol. The summed E-state index contributed by atoms with van der Waals surface area (Å²) >= 11 is 1.56. The van der Waals surface area contributed by atoms with E-state index in [-0.39, 0.29) is 5.91 Å². The average Bonchev–Trinajstić information content (AvgIpc) is 3.22. The topological polar surface area (TPSA) is 54.9 Å². The maximum atomic E-state index is 13.3. The summed E-state index contributed by atoms with van der Waals surface area (Å²) in [6.07, 6.45) is 0.357. The summed E-state index contributed by atoms with van der Waals surface area (Å²) < 4.78 is 12.0. The van der Waals surface area contributed by atoms with E-state index in [0.717, 1.165) is 65.1 Å². The molecule has 6 nitrogen and oxygen atoms in total. The third-order valence-corrected chi connectivity index (χ3v) is 6.60. The second kappa shape index (κ2) is 9.55. The van der Waals surface area contributed by atoms with Crippen LogP contribution in [0.5, 0.6) is 5.75 Å². The number of aromatic nitrogens is 1. The van der Waals surface area contributed by atoms with Crippen LogP contribution in [0.15, 0.2) is 42.5 Å². The number of nitrogens with zero attached hydrogens (tertiary/aromatic N) is 3. The van der Waals surface area contributed by atoms with E-state index in [0.29, 0.717) is 13.0 Å². The van der Waals surface area contributed by atoms with Gasteiger partial charge in [-0.3, -0.25) is 14.6 Å². The van der Waals surface area contributed by atoms with E-state index in [2.05, 4.69) is 11.8 Å². The molecule has 0 radical (unpaired) electrons. The van der Waals surface area contributed by atoms with E-state index in [1.165, 1.54) is 0 Å². The first-order valence-corrected chi connectivity index (χ1v) is 11.1. The molecule has 30 heavy (non-hydrogen) atoms. The van der Waals surface area contributed by atoms with Gasteiger partial charge in [-0.15, -0.1) is 0 Å². The zero-order chi connectivity index (χ0) is 20.9. The maximum Gasteiger partial charge on any atom is 0.233 e. The van der Waals surface area contributed by atoms with Crippen molar-refractivity contribution in [2.45, 2.75) is 13.3 Å². The molecule has 1 aliphatic heterocycles. The van der Waals surface area contributed by atoms with Crippen LogP contribution >= 0.6 is 11.3 Å². The SMILES string of the molecule is COc1ccc(C)c2sc(N(CCN3CCOCC3)C(=O)Cc3ccccc3)nc12. The van der Waals surface area contributed by atoms with E-state index in [1.807, 2.05) is 47.4 Å². The summed E-state index contributed by atoms with van der Waals surface area (Å²) in [5, 5.41) is 0.729. The zero-order valence-electron chi connectivity index (χ0n) is 17.5. The van der Waals surface area contributed by atoms with Crippen LogP contribution in [-0.2, 0) is 16.0 Å². The second-order valence-electron chi connectivity index (χ2n) is 7.42. The minimum Gasteiger partial charge on any atom is -0.494 e. The molecule has 1 aliphatic rings. The molecular weight excluding hydrogens is 398 g/mol. The van der Waals surface area contributed by atoms with Crippen molar-refractivity contribution in [1.82, 2.24) is 9.88 Å². The summed E-state index contributed by atoms with van der Waals surface area (Å²) in [6, 6.07) is 13.8. The summed E-state index contributed by atoms with van der Waals surface area (Å²) in [6.45, 7) is 6.75. The van der Waals surface area contributed by atoms with Crippen molar-refractivity contribution in [1.29, 1.82) is 0 Å². The number of aryl methyl sites for hydroxylation is 1. The highest BCUT2D eigenvalue weighted by atomic mass is 32.1. The van der Waals surface area contributed by atoms with Gasteiger partial charge in [0.15, 0.2) is 5.13 Å². The molecule has 0 atom stereocenters. The Hall–Kier alpha value is -2.48. The lowest BCUT2D eigenvalue weighted by molar-refractivity contribution is -0.118. The molecule has 3 aromatic rings. The van der Waals surface area contributed by atoms with Crippen LogP contribution < -0.4 is 9.64 Å². The Morgan fingerprint density at radius 1 is 1.20 bits per heavy atom. The zero-order valence-corrected chi connectivity index (χ0v) is 18.3. The minimum absolute atomic E-state index is 0.0603. The number of fused-ring (bicyclic) bond motifs is 1. The van der Waals surface area contributed by atoms with Crippen LogP contribution in [-0.4, -0.2) is 62.3 Å². The Kier molecular flexibility index (Phi) is 6.62. The van der Waals surface area contributed by atoms with Crippen molar-refractivity contribution in [2.24, 2.45) is 0 Å². The first-order chi connectivity index (χ1) is 14.7. The largest absolute Gasteiger partial charge is 0.494 e. The molecule has 0 N–H and O–H groups in total. The molecular formula is C23H27N3O3S. The van der Waals surface area contributed by atoms with Crippen molar-refractivity contribution < 1.29 is 14.3 Å². The average molecular weight is 426 g/mol. The molecule has 7 heteroatoms.